The maximum atomic E-state index is 12.4. The zero-order chi connectivity index (χ0) is 15.7. The Hall–Kier alpha value is -1.86. The number of ether oxygens (including phenoxy) is 1. The first-order valence-corrected chi connectivity index (χ1v) is 8.39. The van der Waals surface area contributed by atoms with E-state index in [0.29, 0.717) is 22.1 Å². The van der Waals surface area contributed by atoms with Gasteiger partial charge in [-0.25, -0.2) is 9.78 Å². The Balaban J connectivity index is 1.70. The lowest BCUT2D eigenvalue weighted by molar-refractivity contribution is -0.115. The second kappa shape index (κ2) is 6.10. The summed E-state index contributed by atoms with van der Waals surface area (Å²) in [7, 11) is 1.33. The number of aryl methyl sites for hydroxylation is 1. The molecule has 2 aromatic rings. The van der Waals surface area contributed by atoms with Crippen molar-refractivity contribution in [2.45, 2.75) is 23.5 Å². The van der Waals surface area contributed by atoms with Crippen LogP contribution in [0.4, 0.5) is 5.13 Å². The lowest BCUT2D eigenvalue weighted by Crippen LogP contribution is -2.24. The fraction of sp³-hybridized carbons (Fsp3) is 0.267. The predicted molar refractivity (Wildman–Crippen MR) is 86.6 cm³/mol. The zero-order valence-corrected chi connectivity index (χ0v) is 13.7. The molecule has 0 spiro atoms. The first kappa shape index (κ1) is 15.1. The summed E-state index contributed by atoms with van der Waals surface area (Å²) in [5.74, 6) is -0.524. The molecule has 1 unspecified atom stereocenters. The van der Waals surface area contributed by atoms with E-state index in [9.17, 15) is 9.59 Å². The first-order chi connectivity index (χ1) is 10.6. The molecule has 0 radical (unpaired) electrons. The van der Waals surface area contributed by atoms with Crippen LogP contribution < -0.4 is 5.32 Å². The van der Waals surface area contributed by atoms with Crippen LogP contribution >= 0.6 is 23.1 Å². The van der Waals surface area contributed by atoms with Crippen LogP contribution in [0.5, 0.6) is 0 Å². The van der Waals surface area contributed by atoms with Crippen LogP contribution in [0.1, 0.15) is 20.9 Å². The molecule has 0 aliphatic carbocycles. The highest BCUT2D eigenvalue weighted by Gasteiger charge is 2.29. The van der Waals surface area contributed by atoms with Gasteiger partial charge in [-0.15, -0.1) is 11.8 Å². The number of carbonyl (C=O) groups is 2. The molecule has 0 bridgehead atoms. The summed E-state index contributed by atoms with van der Waals surface area (Å²) in [5, 5.41) is 3.07. The highest BCUT2D eigenvalue weighted by molar-refractivity contribution is 8.01. The predicted octanol–water partition coefficient (Wildman–Crippen LogP) is 2.89. The van der Waals surface area contributed by atoms with Crippen LogP contribution in [-0.2, 0) is 16.0 Å². The Morgan fingerprint density at radius 2 is 2.14 bits per heavy atom. The fourth-order valence-corrected chi connectivity index (χ4v) is 4.33. The second-order valence-electron chi connectivity index (χ2n) is 4.83. The lowest BCUT2D eigenvalue weighted by atomic mass is 10.1. The Bertz CT molecular complexity index is 717. The van der Waals surface area contributed by atoms with E-state index < -0.39 is 5.97 Å². The minimum absolute atomic E-state index is 0.0913. The van der Waals surface area contributed by atoms with Crippen LogP contribution in [0.3, 0.4) is 0 Å². The van der Waals surface area contributed by atoms with Gasteiger partial charge in [-0.05, 0) is 25.0 Å². The fourth-order valence-electron chi connectivity index (χ4n) is 2.25. The minimum atomic E-state index is -0.432. The van der Waals surface area contributed by atoms with Gasteiger partial charge >= 0.3 is 5.97 Å². The van der Waals surface area contributed by atoms with E-state index in [1.807, 2.05) is 24.3 Å². The minimum Gasteiger partial charge on any atom is -0.465 e. The van der Waals surface area contributed by atoms with E-state index in [0.717, 1.165) is 16.2 Å². The molecule has 7 heteroatoms. The smallest absolute Gasteiger partial charge is 0.350 e. The lowest BCUT2D eigenvalue weighted by Gasteiger charge is -2.07. The van der Waals surface area contributed by atoms with Crippen molar-refractivity contribution in [3.8, 4) is 0 Å². The number of carbonyl (C=O) groups excluding carboxylic acids is 2. The number of anilines is 1. The van der Waals surface area contributed by atoms with Crippen molar-refractivity contribution in [1.82, 2.24) is 4.98 Å². The van der Waals surface area contributed by atoms with Crippen LogP contribution in [0.2, 0.25) is 0 Å². The average Bonchev–Trinajstić information content (AvgIpc) is 3.09. The number of thiazole rings is 1. The second-order valence-corrected chi connectivity index (χ2v) is 7.08. The van der Waals surface area contributed by atoms with Gasteiger partial charge in [0.25, 0.3) is 0 Å². The molecule has 0 saturated heterocycles. The van der Waals surface area contributed by atoms with Gasteiger partial charge in [0.2, 0.25) is 5.91 Å². The molecule has 1 aliphatic rings. The van der Waals surface area contributed by atoms with E-state index >= 15 is 0 Å². The third kappa shape index (κ3) is 2.86. The summed E-state index contributed by atoms with van der Waals surface area (Å²) in [4.78, 5) is 29.7. The van der Waals surface area contributed by atoms with Crippen LogP contribution in [0, 0.1) is 6.92 Å². The van der Waals surface area contributed by atoms with Gasteiger partial charge < -0.3 is 10.1 Å². The monoisotopic (exact) mass is 334 g/mol. The Morgan fingerprint density at radius 3 is 2.86 bits per heavy atom. The van der Waals surface area contributed by atoms with Crippen molar-refractivity contribution in [2.24, 2.45) is 0 Å². The third-order valence-electron chi connectivity index (χ3n) is 3.34. The van der Waals surface area contributed by atoms with Gasteiger partial charge in [-0.3, -0.25) is 4.79 Å². The van der Waals surface area contributed by atoms with Gasteiger partial charge in [0.1, 0.15) is 4.88 Å². The molecule has 22 heavy (non-hydrogen) atoms. The van der Waals surface area contributed by atoms with E-state index in [4.69, 9.17) is 4.74 Å². The van der Waals surface area contributed by atoms with Gasteiger partial charge in [0, 0.05) is 4.90 Å². The molecule has 3 rings (SSSR count). The number of fused-ring (bicyclic) bond motifs is 1. The molecule has 1 aliphatic heterocycles. The molecule has 1 amide bonds. The molecule has 1 N–H and O–H groups in total. The number of aromatic nitrogens is 1. The summed E-state index contributed by atoms with van der Waals surface area (Å²) in [5.41, 5.74) is 1.76. The number of benzene rings is 1. The van der Waals surface area contributed by atoms with Crippen molar-refractivity contribution in [3.05, 3.63) is 40.4 Å². The van der Waals surface area contributed by atoms with Gasteiger partial charge in [-0.2, -0.15) is 0 Å². The number of hydrogen-bond donors (Lipinski definition) is 1. The number of methoxy groups -OCH3 is 1. The maximum Gasteiger partial charge on any atom is 0.350 e. The Labute approximate surface area is 136 Å². The van der Waals surface area contributed by atoms with E-state index in [1.54, 1.807) is 18.7 Å². The normalized spacial score (nSPS) is 16.2. The van der Waals surface area contributed by atoms with Gasteiger partial charge in [0.05, 0.1) is 18.1 Å². The van der Waals surface area contributed by atoms with Crippen molar-refractivity contribution in [3.63, 3.8) is 0 Å². The standard InChI is InChI=1S/C15H14N2O3S2/c1-8-12(14(19)20-2)22-15(16-8)17-13(18)11-7-9-5-3-4-6-10(9)21-11/h3-6,11H,7H2,1-2H3,(H,16,17,18). The number of hydrogen-bond acceptors (Lipinski definition) is 6. The summed E-state index contributed by atoms with van der Waals surface area (Å²) in [6.07, 6.45) is 0.709. The largest absolute Gasteiger partial charge is 0.465 e. The summed E-state index contributed by atoms with van der Waals surface area (Å²) >= 11 is 2.69. The van der Waals surface area contributed by atoms with Crippen molar-refractivity contribution < 1.29 is 14.3 Å². The molecular weight excluding hydrogens is 320 g/mol. The molecule has 0 fully saturated rings. The maximum absolute atomic E-state index is 12.4. The summed E-state index contributed by atoms with van der Waals surface area (Å²) in [6, 6.07) is 8.01. The van der Waals surface area contributed by atoms with Gasteiger partial charge in [-0.1, -0.05) is 29.5 Å². The van der Waals surface area contributed by atoms with E-state index in [-0.39, 0.29) is 11.2 Å². The SMILES string of the molecule is COC(=O)c1sc(NC(=O)C2Cc3ccccc3S2)nc1C. The number of rotatable bonds is 3. The molecule has 1 aromatic heterocycles. The van der Waals surface area contributed by atoms with Crippen LogP contribution in [0.15, 0.2) is 29.2 Å². The molecule has 0 saturated carbocycles. The summed E-state index contributed by atoms with van der Waals surface area (Å²) in [6.45, 7) is 1.72. The molecule has 2 heterocycles. The molecule has 5 nitrogen and oxygen atoms in total. The highest BCUT2D eigenvalue weighted by Crippen LogP contribution is 2.37. The van der Waals surface area contributed by atoms with Gasteiger partial charge in [0.15, 0.2) is 5.13 Å². The topological polar surface area (TPSA) is 68.3 Å². The molecule has 1 atom stereocenters. The average molecular weight is 334 g/mol. The van der Waals surface area contributed by atoms with E-state index in [2.05, 4.69) is 10.3 Å². The Morgan fingerprint density at radius 1 is 1.36 bits per heavy atom. The molecular formula is C15H14N2O3S2. The third-order valence-corrected chi connectivity index (χ3v) is 5.71. The summed E-state index contributed by atoms with van der Waals surface area (Å²) < 4.78 is 4.69. The number of nitrogens with one attached hydrogen (secondary N) is 1. The number of amides is 1. The van der Waals surface area contributed by atoms with E-state index in [1.165, 1.54) is 12.7 Å². The number of thioether (sulfide) groups is 1. The molecule has 1 aromatic carbocycles. The highest BCUT2D eigenvalue weighted by atomic mass is 32.2. The number of nitrogens with zero attached hydrogens (tertiary/aromatic N) is 1. The first-order valence-electron chi connectivity index (χ1n) is 6.69. The van der Waals surface area contributed by atoms with Crippen molar-refractivity contribution >= 4 is 40.1 Å². The van der Waals surface area contributed by atoms with Crippen molar-refractivity contribution in [2.75, 3.05) is 12.4 Å². The van der Waals surface area contributed by atoms with Crippen LogP contribution in [-0.4, -0.2) is 29.2 Å². The van der Waals surface area contributed by atoms with Crippen LogP contribution in [0.25, 0.3) is 0 Å². The number of esters is 1. The zero-order valence-electron chi connectivity index (χ0n) is 12.1. The molecule has 114 valence electrons. The van der Waals surface area contributed by atoms with Crippen molar-refractivity contribution in [1.29, 1.82) is 0 Å². The Kier molecular flexibility index (Phi) is 4.17. The quantitative estimate of drug-likeness (QED) is 0.874.